The van der Waals surface area contributed by atoms with Gasteiger partial charge in [0.15, 0.2) is 0 Å². The van der Waals surface area contributed by atoms with Gasteiger partial charge in [-0.2, -0.15) is 0 Å². The van der Waals surface area contributed by atoms with E-state index in [1.165, 1.54) is 5.56 Å². The first kappa shape index (κ1) is 15.1. The molecular weight excluding hydrogens is 262 g/mol. The molecule has 2 amide bonds. The molecule has 2 aromatic carbocycles. The van der Waals surface area contributed by atoms with Crippen LogP contribution in [-0.2, 0) is 19.5 Å². The largest absolute Gasteiger partial charge is 0.334 e. The number of benzene rings is 2. The zero-order valence-electron chi connectivity index (χ0n) is 12.0. The zero-order valence-corrected chi connectivity index (χ0v) is 12.0. The van der Waals surface area contributed by atoms with E-state index in [-0.39, 0.29) is 6.03 Å². The van der Waals surface area contributed by atoms with Crippen molar-refractivity contribution in [3.05, 3.63) is 71.3 Å². The van der Waals surface area contributed by atoms with Gasteiger partial charge in [0, 0.05) is 13.1 Å². The molecule has 4 N–H and O–H groups in total. The van der Waals surface area contributed by atoms with E-state index in [2.05, 4.69) is 10.6 Å². The maximum atomic E-state index is 11.7. The Hall–Kier alpha value is -2.33. The number of nitrogens with two attached hydrogens (primary N) is 1. The summed E-state index contributed by atoms with van der Waals surface area (Å²) in [5.41, 5.74) is 8.89. The van der Waals surface area contributed by atoms with Crippen LogP contribution in [0.25, 0.3) is 0 Å². The average molecular weight is 283 g/mol. The summed E-state index contributed by atoms with van der Waals surface area (Å²) in [7, 11) is 0. The van der Waals surface area contributed by atoms with Crippen LogP contribution in [0.4, 0.5) is 4.79 Å². The van der Waals surface area contributed by atoms with Gasteiger partial charge in [0.05, 0.1) is 0 Å². The Morgan fingerprint density at radius 3 is 1.90 bits per heavy atom. The fourth-order valence-corrected chi connectivity index (χ4v) is 2.01. The average Bonchev–Trinajstić information content (AvgIpc) is 2.53. The van der Waals surface area contributed by atoms with Crippen molar-refractivity contribution < 1.29 is 4.79 Å². The number of hydrogen-bond acceptors (Lipinski definition) is 2. The van der Waals surface area contributed by atoms with Crippen LogP contribution in [0.5, 0.6) is 0 Å². The Morgan fingerprint density at radius 1 is 0.810 bits per heavy atom. The van der Waals surface area contributed by atoms with Gasteiger partial charge < -0.3 is 16.4 Å². The van der Waals surface area contributed by atoms with E-state index >= 15 is 0 Å². The number of nitrogens with one attached hydrogen (secondary N) is 2. The minimum atomic E-state index is -0.162. The molecule has 0 heterocycles. The minimum Gasteiger partial charge on any atom is -0.334 e. The molecule has 0 spiro atoms. The Labute approximate surface area is 125 Å². The Bertz CT molecular complexity index is 552. The van der Waals surface area contributed by atoms with Crippen molar-refractivity contribution in [2.75, 3.05) is 6.54 Å². The van der Waals surface area contributed by atoms with Gasteiger partial charge in [0.25, 0.3) is 0 Å². The lowest BCUT2D eigenvalue weighted by Gasteiger charge is -2.08. The first-order chi connectivity index (χ1) is 10.3. The maximum absolute atomic E-state index is 11.7. The van der Waals surface area contributed by atoms with Crippen molar-refractivity contribution >= 4 is 6.03 Å². The van der Waals surface area contributed by atoms with E-state index in [0.29, 0.717) is 19.6 Å². The van der Waals surface area contributed by atoms with Crippen molar-refractivity contribution in [3.63, 3.8) is 0 Å². The molecule has 0 fully saturated rings. The predicted octanol–water partition coefficient (Wildman–Crippen LogP) is 2.19. The number of rotatable bonds is 6. The molecule has 2 aromatic rings. The van der Waals surface area contributed by atoms with Crippen LogP contribution in [0, 0.1) is 0 Å². The summed E-state index contributed by atoms with van der Waals surface area (Å²) >= 11 is 0. The van der Waals surface area contributed by atoms with Crippen molar-refractivity contribution in [2.24, 2.45) is 5.73 Å². The molecule has 0 radical (unpaired) electrons. The number of hydrogen-bond donors (Lipinski definition) is 3. The topological polar surface area (TPSA) is 67.1 Å². The molecular formula is C17H21N3O. The van der Waals surface area contributed by atoms with Crippen LogP contribution < -0.4 is 16.4 Å². The Kier molecular flexibility index (Phi) is 5.79. The SMILES string of the molecule is NCCc1ccc(CNC(=O)NCc2ccccc2)cc1. The molecule has 0 aliphatic rings. The Balaban J connectivity index is 1.73. The van der Waals surface area contributed by atoms with E-state index in [0.717, 1.165) is 17.5 Å². The standard InChI is InChI=1S/C17H21N3O/c18-11-10-14-6-8-16(9-7-14)13-20-17(21)19-12-15-4-2-1-3-5-15/h1-9H,10-13,18H2,(H2,19,20,21). The summed E-state index contributed by atoms with van der Waals surface area (Å²) in [6, 6.07) is 17.8. The number of urea groups is 1. The highest BCUT2D eigenvalue weighted by Gasteiger charge is 2.00. The lowest BCUT2D eigenvalue weighted by molar-refractivity contribution is 0.240. The normalized spacial score (nSPS) is 10.1. The van der Waals surface area contributed by atoms with Crippen molar-refractivity contribution in [2.45, 2.75) is 19.5 Å². The van der Waals surface area contributed by atoms with E-state index in [1.807, 2.05) is 54.6 Å². The van der Waals surface area contributed by atoms with Gasteiger partial charge >= 0.3 is 6.03 Å². The fraction of sp³-hybridized carbons (Fsp3) is 0.235. The molecule has 0 saturated carbocycles. The van der Waals surface area contributed by atoms with Gasteiger partial charge in [-0.15, -0.1) is 0 Å². The fourth-order valence-electron chi connectivity index (χ4n) is 2.01. The van der Waals surface area contributed by atoms with Crippen molar-refractivity contribution in [3.8, 4) is 0 Å². The van der Waals surface area contributed by atoms with E-state index in [1.54, 1.807) is 0 Å². The molecule has 0 aliphatic heterocycles. The van der Waals surface area contributed by atoms with Gasteiger partial charge in [0.2, 0.25) is 0 Å². The number of carbonyl (C=O) groups is 1. The third-order valence-corrected chi connectivity index (χ3v) is 3.20. The van der Waals surface area contributed by atoms with E-state index in [4.69, 9.17) is 5.73 Å². The van der Waals surface area contributed by atoms with E-state index in [9.17, 15) is 4.79 Å². The third-order valence-electron chi connectivity index (χ3n) is 3.20. The number of amides is 2. The summed E-state index contributed by atoms with van der Waals surface area (Å²) in [5, 5.41) is 5.68. The van der Waals surface area contributed by atoms with Crippen LogP contribution >= 0.6 is 0 Å². The second-order valence-corrected chi connectivity index (χ2v) is 4.88. The highest BCUT2D eigenvalue weighted by Crippen LogP contribution is 2.04. The van der Waals surface area contributed by atoms with Crippen LogP contribution in [0.3, 0.4) is 0 Å². The first-order valence-electron chi connectivity index (χ1n) is 7.11. The second-order valence-electron chi connectivity index (χ2n) is 4.88. The van der Waals surface area contributed by atoms with Crippen LogP contribution in [-0.4, -0.2) is 12.6 Å². The smallest absolute Gasteiger partial charge is 0.315 e. The quantitative estimate of drug-likeness (QED) is 0.760. The second kappa shape index (κ2) is 8.07. The summed E-state index contributed by atoms with van der Waals surface area (Å²) in [5.74, 6) is 0. The molecule has 0 unspecified atom stereocenters. The van der Waals surface area contributed by atoms with Crippen molar-refractivity contribution in [1.29, 1.82) is 0 Å². The predicted molar refractivity (Wildman–Crippen MR) is 84.7 cm³/mol. The summed E-state index contributed by atoms with van der Waals surface area (Å²) in [4.78, 5) is 11.7. The van der Waals surface area contributed by atoms with Gasteiger partial charge in [-0.1, -0.05) is 54.6 Å². The van der Waals surface area contributed by atoms with Gasteiger partial charge in [-0.25, -0.2) is 4.79 Å². The summed E-state index contributed by atoms with van der Waals surface area (Å²) < 4.78 is 0. The van der Waals surface area contributed by atoms with E-state index < -0.39 is 0 Å². The van der Waals surface area contributed by atoms with Gasteiger partial charge in [-0.3, -0.25) is 0 Å². The van der Waals surface area contributed by atoms with Crippen LogP contribution in [0.2, 0.25) is 0 Å². The molecule has 0 saturated heterocycles. The molecule has 110 valence electrons. The molecule has 2 rings (SSSR count). The Morgan fingerprint density at radius 2 is 1.33 bits per heavy atom. The summed E-state index contributed by atoms with van der Waals surface area (Å²) in [6.45, 7) is 1.70. The lowest BCUT2D eigenvalue weighted by atomic mass is 10.1. The molecule has 0 aliphatic carbocycles. The molecule has 21 heavy (non-hydrogen) atoms. The lowest BCUT2D eigenvalue weighted by Crippen LogP contribution is -2.34. The first-order valence-corrected chi connectivity index (χ1v) is 7.11. The molecule has 0 bridgehead atoms. The molecule has 4 heteroatoms. The highest BCUT2D eigenvalue weighted by atomic mass is 16.2. The molecule has 0 aromatic heterocycles. The van der Waals surface area contributed by atoms with Crippen molar-refractivity contribution in [1.82, 2.24) is 10.6 Å². The maximum Gasteiger partial charge on any atom is 0.315 e. The summed E-state index contributed by atoms with van der Waals surface area (Å²) in [6.07, 6.45) is 0.880. The molecule has 4 nitrogen and oxygen atoms in total. The zero-order chi connectivity index (χ0) is 14.9. The third kappa shape index (κ3) is 5.28. The monoisotopic (exact) mass is 283 g/mol. The van der Waals surface area contributed by atoms with Gasteiger partial charge in [-0.05, 0) is 29.7 Å². The van der Waals surface area contributed by atoms with Crippen LogP contribution in [0.1, 0.15) is 16.7 Å². The van der Waals surface area contributed by atoms with Crippen LogP contribution in [0.15, 0.2) is 54.6 Å². The molecule has 0 atom stereocenters. The number of carbonyl (C=O) groups excluding carboxylic acids is 1. The highest BCUT2D eigenvalue weighted by molar-refractivity contribution is 5.73. The van der Waals surface area contributed by atoms with Gasteiger partial charge in [0.1, 0.15) is 0 Å². The minimum absolute atomic E-state index is 0.162.